The number of anilines is 1. The SMILES string of the molecule is CCOC(=O)N1COCc2c1ccc1cc3ccc4ncccc4c3nc21. The normalized spacial score (nSPS) is 13.9. The van der Waals surface area contributed by atoms with Crippen LogP contribution in [0.4, 0.5) is 10.5 Å². The van der Waals surface area contributed by atoms with Gasteiger partial charge in [-0.15, -0.1) is 0 Å². The van der Waals surface area contributed by atoms with Crippen molar-refractivity contribution in [3.05, 3.63) is 54.2 Å². The van der Waals surface area contributed by atoms with Crippen molar-refractivity contribution in [1.82, 2.24) is 9.97 Å². The van der Waals surface area contributed by atoms with Crippen LogP contribution in [0.15, 0.2) is 48.7 Å². The lowest BCUT2D eigenvalue weighted by molar-refractivity contribution is 0.0975. The Kier molecular flexibility index (Phi) is 3.65. The molecule has 1 amide bonds. The minimum atomic E-state index is -0.409. The van der Waals surface area contributed by atoms with E-state index in [2.05, 4.69) is 11.1 Å². The van der Waals surface area contributed by atoms with Crippen molar-refractivity contribution < 1.29 is 14.3 Å². The Morgan fingerprint density at radius 2 is 2.04 bits per heavy atom. The summed E-state index contributed by atoms with van der Waals surface area (Å²) in [5.74, 6) is 0. The zero-order valence-corrected chi connectivity index (χ0v) is 14.8. The Balaban J connectivity index is 1.78. The molecule has 0 atom stereocenters. The molecule has 0 fully saturated rings. The molecule has 2 aromatic carbocycles. The summed E-state index contributed by atoms with van der Waals surface area (Å²) in [5, 5.41) is 3.08. The average Bonchev–Trinajstić information content (AvgIpc) is 2.72. The van der Waals surface area contributed by atoms with Gasteiger partial charge in [-0.1, -0.05) is 12.1 Å². The average molecular weight is 359 g/mol. The molecule has 0 spiro atoms. The van der Waals surface area contributed by atoms with E-state index >= 15 is 0 Å². The van der Waals surface area contributed by atoms with E-state index in [4.69, 9.17) is 14.5 Å². The van der Waals surface area contributed by atoms with Gasteiger partial charge in [-0.2, -0.15) is 0 Å². The first-order valence-electron chi connectivity index (χ1n) is 8.88. The molecule has 134 valence electrons. The number of ether oxygens (including phenoxy) is 2. The van der Waals surface area contributed by atoms with E-state index in [9.17, 15) is 4.79 Å². The Morgan fingerprint density at radius 3 is 2.93 bits per heavy atom. The molecule has 2 aromatic heterocycles. The second-order valence-electron chi connectivity index (χ2n) is 6.44. The van der Waals surface area contributed by atoms with Crippen LogP contribution in [0.1, 0.15) is 12.5 Å². The monoisotopic (exact) mass is 359 g/mol. The van der Waals surface area contributed by atoms with Crippen LogP contribution in [0.3, 0.4) is 0 Å². The lowest BCUT2D eigenvalue weighted by Gasteiger charge is -2.29. The van der Waals surface area contributed by atoms with Gasteiger partial charge in [-0.25, -0.2) is 9.78 Å². The van der Waals surface area contributed by atoms with Gasteiger partial charge in [-0.3, -0.25) is 9.88 Å². The van der Waals surface area contributed by atoms with Gasteiger partial charge in [0.05, 0.1) is 35.5 Å². The summed E-state index contributed by atoms with van der Waals surface area (Å²) in [6, 6.07) is 14.0. The molecule has 0 N–H and O–H groups in total. The number of hydrogen-bond acceptors (Lipinski definition) is 5. The third-order valence-corrected chi connectivity index (χ3v) is 4.86. The van der Waals surface area contributed by atoms with Crippen LogP contribution in [-0.2, 0) is 16.1 Å². The van der Waals surface area contributed by atoms with Crippen LogP contribution >= 0.6 is 0 Å². The van der Waals surface area contributed by atoms with E-state index in [1.54, 1.807) is 13.1 Å². The standard InChI is InChI=1S/C21H17N3O3/c1-2-27-21(25)24-12-26-11-16-18(24)8-6-14-10-13-5-7-17-15(4-3-9-22-17)19(13)23-20(14)16/h3-10H,2,11-12H2,1H3. The van der Waals surface area contributed by atoms with E-state index in [-0.39, 0.29) is 6.73 Å². The molecule has 5 rings (SSSR count). The second-order valence-corrected chi connectivity index (χ2v) is 6.44. The molecular weight excluding hydrogens is 342 g/mol. The van der Waals surface area contributed by atoms with Crippen molar-refractivity contribution in [2.45, 2.75) is 13.5 Å². The van der Waals surface area contributed by atoms with Crippen molar-refractivity contribution in [1.29, 1.82) is 0 Å². The largest absolute Gasteiger partial charge is 0.449 e. The van der Waals surface area contributed by atoms with E-state index in [0.29, 0.717) is 13.2 Å². The molecule has 1 aliphatic rings. The molecule has 0 unspecified atom stereocenters. The highest BCUT2D eigenvalue weighted by Crippen LogP contribution is 2.34. The van der Waals surface area contributed by atoms with Gasteiger partial charge in [0.1, 0.15) is 6.73 Å². The van der Waals surface area contributed by atoms with Gasteiger partial charge < -0.3 is 9.47 Å². The second kappa shape index (κ2) is 6.17. The van der Waals surface area contributed by atoms with Gasteiger partial charge in [0, 0.05) is 27.9 Å². The molecule has 0 aliphatic carbocycles. The number of aromatic nitrogens is 2. The summed E-state index contributed by atoms with van der Waals surface area (Å²) in [6.45, 7) is 2.69. The maximum atomic E-state index is 12.3. The molecule has 4 aromatic rings. The van der Waals surface area contributed by atoms with Gasteiger partial charge in [0.15, 0.2) is 0 Å². The van der Waals surface area contributed by atoms with Gasteiger partial charge in [0.2, 0.25) is 0 Å². The summed E-state index contributed by atoms with van der Waals surface area (Å²) in [7, 11) is 0. The van der Waals surface area contributed by atoms with E-state index in [1.165, 1.54) is 4.90 Å². The maximum absolute atomic E-state index is 12.3. The molecule has 1 aliphatic heterocycles. The molecule has 0 saturated carbocycles. The van der Waals surface area contributed by atoms with Crippen LogP contribution < -0.4 is 4.90 Å². The number of benzene rings is 2. The number of carbonyl (C=O) groups is 1. The number of carbonyl (C=O) groups excluding carboxylic acids is 1. The predicted molar refractivity (Wildman–Crippen MR) is 104 cm³/mol. The van der Waals surface area contributed by atoms with Gasteiger partial charge in [0.25, 0.3) is 0 Å². The van der Waals surface area contributed by atoms with Crippen LogP contribution in [0.25, 0.3) is 32.7 Å². The fourth-order valence-electron chi connectivity index (χ4n) is 3.62. The molecule has 27 heavy (non-hydrogen) atoms. The Labute approximate surface area is 155 Å². The number of rotatable bonds is 1. The lowest BCUT2D eigenvalue weighted by atomic mass is 10.0. The summed E-state index contributed by atoms with van der Waals surface area (Å²) in [4.78, 5) is 23.2. The first-order valence-corrected chi connectivity index (χ1v) is 8.88. The van der Waals surface area contributed by atoms with E-state index in [0.717, 1.165) is 44.0 Å². The van der Waals surface area contributed by atoms with Gasteiger partial charge >= 0.3 is 6.09 Å². The fraction of sp³-hybridized carbons (Fsp3) is 0.190. The summed E-state index contributed by atoms with van der Waals surface area (Å²) < 4.78 is 10.8. The molecule has 0 saturated heterocycles. The molecule has 6 heteroatoms. The van der Waals surface area contributed by atoms with Gasteiger partial charge in [-0.05, 0) is 37.3 Å². The highest BCUT2D eigenvalue weighted by Gasteiger charge is 2.26. The van der Waals surface area contributed by atoms with Crippen molar-refractivity contribution in [3.8, 4) is 0 Å². The number of fused-ring (bicyclic) bond motifs is 6. The summed E-state index contributed by atoms with van der Waals surface area (Å²) in [6.07, 6.45) is 1.37. The third kappa shape index (κ3) is 2.49. The first kappa shape index (κ1) is 16.0. The minimum Gasteiger partial charge on any atom is -0.449 e. The Bertz CT molecular complexity index is 1210. The smallest absolute Gasteiger partial charge is 0.416 e. The Hall–Kier alpha value is -3.25. The molecule has 0 bridgehead atoms. The highest BCUT2D eigenvalue weighted by molar-refractivity contribution is 6.08. The summed E-state index contributed by atoms with van der Waals surface area (Å²) in [5.41, 5.74) is 4.33. The number of amides is 1. The lowest BCUT2D eigenvalue weighted by Crippen LogP contribution is -2.37. The van der Waals surface area contributed by atoms with Crippen LogP contribution in [0, 0.1) is 0 Å². The predicted octanol–water partition coefficient (Wildman–Crippen LogP) is 4.39. The van der Waals surface area contributed by atoms with Crippen LogP contribution in [-0.4, -0.2) is 29.4 Å². The van der Waals surface area contributed by atoms with E-state index < -0.39 is 6.09 Å². The third-order valence-electron chi connectivity index (χ3n) is 4.86. The zero-order chi connectivity index (χ0) is 18.4. The maximum Gasteiger partial charge on any atom is 0.416 e. The molecule has 3 heterocycles. The molecule has 0 radical (unpaired) electrons. The zero-order valence-electron chi connectivity index (χ0n) is 14.8. The quantitative estimate of drug-likeness (QED) is 0.373. The molecular formula is C21H17N3O3. The topological polar surface area (TPSA) is 64.5 Å². The molecule has 6 nitrogen and oxygen atoms in total. The van der Waals surface area contributed by atoms with E-state index in [1.807, 2.05) is 36.4 Å². The van der Waals surface area contributed by atoms with Crippen molar-refractivity contribution in [3.63, 3.8) is 0 Å². The summed E-state index contributed by atoms with van der Waals surface area (Å²) >= 11 is 0. The first-order chi connectivity index (χ1) is 13.3. The number of nitrogens with zero attached hydrogens (tertiary/aromatic N) is 3. The Morgan fingerprint density at radius 1 is 1.19 bits per heavy atom. The minimum absolute atomic E-state index is 0.178. The fourth-order valence-corrected chi connectivity index (χ4v) is 3.62. The van der Waals surface area contributed by atoms with Crippen molar-refractivity contribution in [2.24, 2.45) is 0 Å². The number of pyridine rings is 2. The number of hydrogen-bond donors (Lipinski definition) is 0. The van der Waals surface area contributed by atoms with Crippen molar-refractivity contribution >= 4 is 44.5 Å². The van der Waals surface area contributed by atoms with Crippen LogP contribution in [0.2, 0.25) is 0 Å². The highest BCUT2D eigenvalue weighted by atomic mass is 16.6. The van der Waals surface area contributed by atoms with Crippen molar-refractivity contribution in [2.75, 3.05) is 18.2 Å². The van der Waals surface area contributed by atoms with Crippen LogP contribution in [0.5, 0.6) is 0 Å².